The highest BCUT2D eigenvalue weighted by Gasteiger charge is 2.15. The number of carboxylic acids is 1. The Labute approximate surface area is 190 Å². The summed E-state index contributed by atoms with van der Waals surface area (Å²) < 4.78 is 0. The normalized spacial score (nSPS) is 11.7. The minimum Gasteiger partial charge on any atom is -0.478 e. The van der Waals surface area contributed by atoms with Crippen molar-refractivity contribution in [3.05, 3.63) is 74.2 Å². The first-order valence-electron chi connectivity index (χ1n) is 9.98. The molecule has 2 aromatic heterocycles. The second-order valence-corrected chi connectivity index (χ2v) is 9.48. The van der Waals surface area contributed by atoms with Gasteiger partial charge in [-0.2, -0.15) is 0 Å². The first-order valence-corrected chi connectivity index (χ1v) is 12.2. The van der Waals surface area contributed by atoms with Gasteiger partial charge in [-0.3, -0.25) is 0 Å². The average molecular weight is 461 g/mol. The summed E-state index contributed by atoms with van der Waals surface area (Å²) in [6, 6.07) is 11.6. The number of carboxylic acid groups (broad SMARTS) is 1. The van der Waals surface area contributed by atoms with Gasteiger partial charge in [0.15, 0.2) is 5.16 Å². The molecule has 1 aromatic carbocycles. The van der Waals surface area contributed by atoms with Crippen LogP contribution in [0.3, 0.4) is 0 Å². The third-order valence-corrected chi connectivity index (χ3v) is 6.84. The van der Waals surface area contributed by atoms with Crippen LogP contribution >= 0.6 is 34.7 Å². The van der Waals surface area contributed by atoms with Crippen LogP contribution in [0.5, 0.6) is 0 Å². The molecule has 0 spiro atoms. The number of thiophene rings is 1. The number of halogens is 1. The molecule has 2 N–H and O–H groups in total. The van der Waals surface area contributed by atoms with E-state index < -0.39 is 5.97 Å². The van der Waals surface area contributed by atoms with Gasteiger partial charge >= 0.3 is 5.97 Å². The second-order valence-electron chi connectivity index (χ2n) is 6.96. The smallest absolute Gasteiger partial charge is 0.332 e. The minimum atomic E-state index is -0.924. The lowest BCUT2D eigenvalue weighted by atomic mass is 10.1. The molecule has 0 aliphatic heterocycles. The lowest BCUT2D eigenvalue weighted by molar-refractivity contribution is -0.132. The summed E-state index contributed by atoms with van der Waals surface area (Å²) in [6.07, 6.45) is 6.14. The van der Waals surface area contributed by atoms with Crippen molar-refractivity contribution in [2.45, 2.75) is 44.2 Å². The summed E-state index contributed by atoms with van der Waals surface area (Å²) in [4.78, 5) is 21.0. The SMILES string of the molecule is CCCCCSc1nc(C=C(Cc2cccs2)C(=O)O)c(Cc2ccccc2Cl)[nH]1. The highest BCUT2D eigenvalue weighted by molar-refractivity contribution is 7.99. The molecule has 0 bridgehead atoms. The molecule has 0 aliphatic rings. The summed E-state index contributed by atoms with van der Waals surface area (Å²) in [5.41, 5.74) is 2.86. The molecule has 0 aliphatic carbocycles. The topological polar surface area (TPSA) is 66.0 Å². The summed E-state index contributed by atoms with van der Waals surface area (Å²) >= 11 is 9.59. The summed E-state index contributed by atoms with van der Waals surface area (Å²) in [6.45, 7) is 2.18. The van der Waals surface area contributed by atoms with Crippen molar-refractivity contribution in [3.63, 3.8) is 0 Å². The number of H-pyrrole nitrogens is 1. The van der Waals surface area contributed by atoms with Gasteiger partial charge in [0.2, 0.25) is 0 Å². The van der Waals surface area contributed by atoms with E-state index in [9.17, 15) is 9.90 Å². The Morgan fingerprint density at radius 1 is 1.27 bits per heavy atom. The number of nitrogens with zero attached hydrogens (tertiary/aromatic N) is 1. The van der Waals surface area contributed by atoms with E-state index in [-0.39, 0.29) is 0 Å². The van der Waals surface area contributed by atoms with Crippen molar-refractivity contribution < 1.29 is 9.90 Å². The van der Waals surface area contributed by atoms with Gasteiger partial charge in [-0.25, -0.2) is 9.78 Å². The first kappa shape index (κ1) is 22.7. The van der Waals surface area contributed by atoms with Crippen LogP contribution < -0.4 is 0 Å². The number of aliphatic carboxylic acids is 1. The fourth-order valence-corrected chi connectivity index (χ4v) is 4.86. The van der Waals surface area contributed by atoms with Crippen molar-refractivity contribution >= 4 is 46.7 Å². The molecule has 0 atom stereocenters. The predicted molar refractivity (Wildman–Crippen MR) is 127 cm³/mol. The third-order valence-electron chi connectivity index (χ3n) is 4.63. The zero-order valence-electron chi connectivity index (χ0n) is 16.9. The van der Waals surface area contributed by atoms with Gasteiger partial charge in [0, 0.05) is 39.8 Å². The summed E-state index contributed by atoms with van der Waals surface area (Å²) in [5.74, 6) is 0.0593. The molecule has 0 saturated carbocycles. The Bertz CT molecular complexity index is 997. The van der Waals surface area contributed by atoms with Gasteiger partial charge in [-0.1, -0.05) is 67.4 Å². The Kier molecular flexibility index (Phi) is 8.61. The fourth-order valence-electron chi connectivity index (χ4n) is 3.03. The minimum absolute atomic E-state index is 0.326. The van der Waals surface area contributed by atoms with Gasteiger partial charge in [-0.15, -0.1) is 11.3 Å². The molecular weight excluding hydrogens is 436 g/mol. The number of thioether (sulfide) groups is 1. The maximum Gasteiger partial charge on any atom is 0.332 e. The van der Waals surface area contributed by atoms with E-state index in [1.807, 2.05) is 41.8 Å². The highest BCUT2D eigenvalue weighted by atomic mass is 35.5. The summed E-state index contributed by atoms with van der Waals surface area (Å²) in [7, 11) is 0. The number of nitrogens with one attached hydrogen (secondary N) is 1. The standard InChI is InChI=1S/C23H25ClN2O2S2/c1-2-3-6-11-30-23-25-20(14-16-8-4-5-10-19(16)24)21(26-23)15-17(22(27)28)13-18-9-7-12-29-18/h4-5,7-10,12,15H,2-3,6,11,13-14H2,1H3,(H,25,26)(H,27,28). The Hall–Kier alpha value is -2.02. The van der Waals surface area contributed by atoms with Crippen LogP contribution in [-0.2, 0) is 17.6 Å². The maximum absolute atomic E-state index is 11.9. The molecule has 3 rings (SSSR count). The van der Waals surface area contributed by atoms with Crippen molar-refractivity contribution in [1.29, 1.82) is 0 Å². The Balaban J connectivity index is 1.89. The van der Waals surface area contributed by atoms with E-state index in [4.69, 9.17) is 16.6 Å². The van der Waals surface area contributed by atoms with Crippen molar-refractivity contribution in [2.75, 3.05) is 5.75 Å². The van der Waals surface area contributed by atoms with Gasteiger partial charge in [0.05, 0.1) is 5.69 Å². The molecule has 0 fully saturated rings. The number of hydrogen-bond donors (Lipinski definition) is 2. The number of carbonyl (C=O) groups is 1. The van der Waals surface area contributed by atoms with Gasteiger partial charge in [0.1, 0.15) is 0 Å². The molecule has 0 amide bonds. The largest absolute Gasteiger partial charge is 0.478 e. The van der Waals surface area contributed by atoms with E-state index in [2.05, 4.69) is 11.9 Å². The molecule has 7 heteroatoms. The molecular formula is C23H25ClN2O2S2. The number of hydrogen-bond acceptors (Lipinski definition) is 4. The first-order chi connectivity index (χ1) is 14.6. The monoisotopic (exact) mass is 460 g/mol. The Morgan fingerprint density at radius 2 is 2.10 bits per heavy atom. The number of rotatable bonds is 11. The maximum atomic E-state index is 11.9. The zero-order chi connectivity index (χ0) is 21.3. The quantitative estimate of drug-likeness (QED) is 0.189. The van der Waals surface area contributed by atoms with E-state index >= 15 is 0 Å². The number of aromatic nitrogens is 2. The number of imidazole rings is 1. The molecule has 2 heterocycles. The van der Waals surface area contributed by atoms with Gasteiger partial charge < -0.3 is 10.1 Å². The number of benzene rings is 1. The molecule has 4 nitrogen and oxygen atoms in total. The van der Waals surface area contributed by atoms with E-state index in [0.717, 1.165) is 33.5 Å². The van der Waals surface area contributed by atoms with E-state index in [1.165, 1.54) is 12.8 Å². The van der Waals surface area contributed by atoms with Crippen LogP contribution in [0.25, 0.3) is 6.08 Å². The van der Waals surface area contributed by atoms with Crippen LogP contribution in [0.4, 0.5) is 0 Å². The number of aromatic amines is 1. The van der Waals surface area contributed by atoms with Crippen LogP contribution in [0.15, 0.2) is 52.5 Å². The van der Waals surface area contributed by atoms with Crippen LogP contribution in [0.2, 0.25) is 5.02 Å². The lowest BCUT2D eigenvalue weighted by Gasteiger charge is -2.04. The zero-order valence-corrected chi connectivity index (χ0v) is 19.2. The lowest BCUT2D eigenvalue weighted by Crippen LogP contribution is -2.04. The number of unbranched alkanes of at least 4 members (excludes halogenated alkanes) is 2. The van der Waals surface area contributed by atoms with Crippen LogP contribution in [-0.4, -0.2) is 26.8 Å². The molecule has 0 saturated heterocycles. The van der Waals surface area contributed by atoms with Crippen LogP contribution in [0, 0.1) is 0 Å². The molecule has 0 unspecified atom stereocenters. The van der Waals surface area contributed by atoms with E-state index in [0.29, 0.717) is 29.1 Å². The predicted octanol–water partition coefficient (Wildman–Crippen LogP) is 6.71. The van der Waals surface area contributed by atoms with Crippen molar-refractivity contribution in [3.8, 4) is 0 Å². The fraction of sp³-hybridized carbons (Fsp3) is 0.304. The van der Waals surface area contributed by atoms with Gasteiger partial charge in [0.25, 0.3) is 0 Å². The van der Waals surface area contributed by atoms with Crippen molar-refractivity contribution in [2.24, 2.45) is 0 Å². The Morgan fingerprint density at radius 3 is 2.80 bits per heavy atom. The van der Waals surface area contributed by atoms with E-state index in [1.54, 1.807) is 29.2 Å². The van der Waals surface area contributed by atoms with Crippen molar-refractivity contribution in [1.82, 2.24) is 9.97 Å². The highest BCUT2D eigenvalue weighted by Crippen LogP contribution is 2.26. The third kappa shape index (κ3) is 6.49. The second kappa shape index (κ2) is 11.4. The summed E-state index contributed by atoms with van der Waals surface area (Å²) in [5, 5.41) is 13.2. The molecule has 0 radical (unpaired) electrons. The molecule has 158 valence electrons. The van der Waals surface area contributed by atoms with Gasteiger partial charge in [-0.05, 0) is 35.6 Å². The molecule has 30 heavy (non-hydrogen) atoms. The average Bonchev–Trinajstić information content (AvgIpc) is 3.37. The molecule has 3 aromatic rings. The van der Waals surface area contributed by atoms with Crippen LogP contribution in [0.1, 0.15) is 48.0 Å².